The van der Waals surface area contributed by atoms with Crippen LogP contribution < -0.4 is 14.5 Å². The van der Waals surface area contributed by atoms with Crippen LogP contribution in [0.2, 0.25) is 0 Å². The van der Waals surface area contributed by atoms with Crippen LogP contribution in [-0.2, 0) is 9.59 Å². The van der Waals surface area contributed by atoms with E-state index in [4.69, 9.17) is 4.74 Å². The highest BCUT2D eigenvalue weighted by atomic mass is 16.5. The SMILES string of the molecule is COc1ccc(C)cc1/C(O)=C1\C(=O)C(=O)N(c2ccc(N3CCCC3)cc2)C1c1cccc(O)c1. The van der Waals surface area contributed by atoms with Gasteiger partial charge in [-0.1, -0.05) is 23.8 Å². The lowest BCUT2D eigenvalue weighted by Crippen LogP contribution is -2.29. The molecule has 0 aromatic heterocycles. The predicted molar refractivity (Wildman–Crippen MR) is 139 cm³/mol. The highest BCUT2D eigenvalue weighted by Gasteiger charge is 2.47. The Balaban J connectivity index is 1.67. The van der Waals surface area contributed by atoms with Gasteiger partial charge in [0.2, 0.25) is 0 Å². The molecular weight excluding hydrogens is 456 g/mol. The second-order valence-electron chi connectivity index (χ2n) is 9.18. The number of amides is 1. The van der Waals surface area contributed by atoms with Crippen LogP contribution in [0.15, 0.2) is 72.3 Å². The van der Waals surface area contributed by atoms with E-state index in [0.29, 0.717) is 22.6 Å². The molecule has 0 spiro atoms. The molecule has 0 saturated carbocycles. The molecule has 5 rings (SSSR count). The zero-order chi connectivity index (χ0) is 25.4. The number of hydrogen-bond donors (Lipinski definition) is 2. The van der Waals surface area contributed by atoms with E-state index in [-0.39, 0.29) is 17.1 Å². The van der Waals surface area contributed by atoms with E-state index < -0.39 is 17.7 Å². The number of aliphatic hydroxyl groups excluding tert-OH is 1. The molecule has 1 unspecified atom stereocenters. The Labute approximate surface area is 209 Å². The van der Waals surface area contributed by atoms with E-state index in [0.717, 1.165) is 37.2 Å². The molecular formula is C29H28N2O5. The average Bonchev–Trinajstić information content (AvgIpc) is 3.51. The van der Waals surface area contributed by atoms with E-state index in [1.165, 1.54) is 24.1 Å². The fraction of sp³-hybridized carbons (Fsp3) is 0.241. The summed E-state index contributed by atoms with van der Waals surface area (Å²) >= 11 is 0. The van der Waals surface area contributed by atoms with E-state index in [1.54, 1.807) is 24.3 Å². The zero-order valence-electron chi connectivity index (χ0n) is 20.3. The first-order valence-corrected chi connectivity index (χ1v) is 12.0. The lowest BCUT2D eigenvalue weighted by Gasteiger charge is -2.26. The van der Waals surface area contributed by atoms with Crippen LogP contribution in [0.4, 0.5) is 11.4 Å². The van der Waals surface area contributed by atoms with Gasteiger partial charge in [-0.25, -0.2) is 0 Å². The van der Waals surface area contributed by atoms with E-state index in [1.807, 2.05) is 37.3 Å². The number of aryl methyl sites for hydroxylation is 1. The molecule has 3 aromatic rings. The molecule has 0 bridgehead atoms. The number of hydrogen-bond acceptors (Lipinski definition) is 6. The lowest BCUT2D eigenvalue weighted by molar-refractivity contribution is -0.132. The number of rotatable bonds is 5. The van der Waals surface area contributed by atoms with Gasteiger partial charge in [-0.15, -0.1) is 0 Å². The van der Waals surface area contributed by atoms with Gasteiger partial charge < -0.3 is 19.8 Å². The maximum Gasteiger partial charge on any atom is 0.300 e. The van der Waals surface area contributed by atoms with Crippen molar-refractivity contribution in [2.24, 2.45) is 0 Å². The van der Waals surface area contributed by atoms with Gasteiger partial charge in [-0.2, -0.15) is 0 Å². The van der Waals surface area contributed by atoms with Gasteiger partial charge in [0, 0.05) is 24.5 Å². The van der Waals surface area contributed by atoms with Crippen molar-refractivity contribution in [3.8, 4) is 11.5 Å². The first-order chi connectivity index (χ1) is 17.4. The Bertz CT molecular complexity index is 1360. The van der Waals surface area contributed by atoms with Gasteiger partial charge in [0.05, 0.1) is 24.3 Å². The number of nitrogens with zero attached hydrogens (tertiary/aromatic N) is 2. The van der Waals surface area contributed by atoms with Crippen LogP contribution in [0.1, 0.15) is 35.6 Å². The van der Waals surface area contributed by atoms with Crippen molar-refractivity contribution in [1.82, 2.24) is 0 Å². The lowest BCUT2D eigenvalue weighted by atomic mass is 9.94. The topological polar surface area (TPSA) is 90.3 Å². The number of ketones is 1. The summed E-state index contributed by atoms with van der Waals surface area (Å²) in [5, 5.41) is 21.6. The fourth-order valence-corrected chi connectivity index (χ4v) is 5.06. The fourth-order valence-electron chi connectivity index (χ4n) is 5.06. The van der Waals surface area contributed by atoms with Crippen molar-refractivity contribution in [3.05, 3.63) is 89.0 Å². The number of carbonyl (C=O) groups excluding carboxylic acids is 2. The molecule has 0 radical (unpaired) electrons. The number of benzene rings is 3. The van der Waals surface area contributed by atoms with E-state index in [2.05, 4.69) is 4.90 Å². The number of aliphatic hydroxyl groups is 1. The minimum atomic E-state index is -0.931. The molecule has 1 atom stereocenters. The number of anilines is 2. The highest BCUT2D eigenvalue weighted by molar-refractivity contribution is 6.51. The molecule has 2 saturated heterocycles. The van der Waals surface area contributed by atoms with Crippen molar-refractivity contribution in [2.45, 2.75) is 25.8 Å². The molecule has 3 aromatic carbocycles. The van der Waals surface area contributed by atoms with Crippen molar-refractivity contribution in [3.63, 3.8) is 0 Å². The minimum absolute atomic E-state index is 0.00407. The summed E-state index contributed by atoms with van der Waals surface area (Å²) in [4.78, 5) is 30.5. The molecule has 0 aliphatic carbocycles. The quantitative estimate of drug-likeness (QED) is 0.303. The van der Waals surface area contributed by atoms with Gasteiger partial charge in [0.1, 0.15) is 17.3 Å². The summed E-state index contributed by atoms with van der Waals surface area (Å²) in [7, 11) is 1.48. The van der Waals surface area contributed by atoms with E-state index >= 15 is 0 Å². The van der Waals surface area contributed by atoms with Crippen molar-refractivity contribution in [2.75, 3.05) is 30.0 Å². The molecule has 2 fully saturated rings. The normalized spacial score (nSPS) is 19.2. The van der Waals surface area contributed by atoms with Gasteiger partial charge in [0.15, 0.2) is 0 Å². The Kier molecular flexibility index (Phi) is 6.14. The number of ether oxygens (including phenoxy) is 1. The van der Waals surface area contributed by atoms with Gasteiger partial charge >= 0.3 is 0 Å². The summed E-state index contributed by atoms with van der Waals surface area (Å²) in [6.45, 7) is 3.85. The molecule has 184 valence electrons. The van der Waals surface area contributed by atoms with Crippen LogP contribution in [0.3, 0.4) is 0 Å². The van der Waals surface area contributed by atoms with Gasteiger partial charge in [0.25, 0.3) is 11.7 Å². The van der Waals surface area contributed by atoms with Crippen LogP contribution in [0.25, 0.3) is 5.76 Å². The number of methoxy groups -OCH3 is 1. The summed E-state index contributed by atoms with van der Waals surface area (Å²) in [6, 6.07) is 18.3. The van der Waals surface area contributed by atoms with Gasteiger partial charge in [-0.05, 0) is 73.9 Å². The standard InChI is InChI=1S/C29H28N2O5/c1-18-8-13-24(36-2)23(16-18)27(33)25-26(19-6-5-7-22(32)17-19)31(29(35)28(25)34)21-11-9-20(10-12-21)30-14-3-4-15-30/h5-13,16-17,26,32-33H,3-4,14-15H2,1-2H3/b27-25+. The second kappa shape index (κ2) is 9.41. The highest BCUT2D eigenvalue weighted by Crippen LogP contribution is 2.44. The summed E-state index contributed by atoms with van der Waals surface area (Å²) in [6.07, 6.45) is 2.30. The second-order valence-corrected chi connectivity index (χ2v) is 9.18. The Hall–Kier alpha value is -4.26. The predicted octanol–water partition coefficient (Wildman–Crippen LogP) is 4.94. The molecule has 2 heterocycles. The number of Topliss-reactive ketones (excluding diaryl/α,β-unsaturated/α-hetero) is 1. The van der Waals surface area contributed by atoms with Gasteiger partial charge in [-0.3, -0.25) is 14.5 Å². The summed E-state index contributed by atoms with van der Waals surface area (Å²) in [5.74, 6) is -1.48. The third kappa shape index (κ3) is 4.06. The largest absolute Gasteiger partial charge is 0.508 e. The monoisotopic (exact) mass is 484 g/mol. The maximum atomic E-state index is 13.4. The van der Waals surface area contributed by atoms with Crippen molar-refractivity contribution in [1.29, 1.82) is 0 Å². The van der Waals surface area contributed by atoms with Crippen LogP contribution >= 0.6 is 0 Å². The van der Waals surface area contributed by atoms with Crippen molar-refractivity contribution >= 4 is 28.8 Å². The number of aromatic hydroxyl groups is 1. The molecule has 7 heteroatoms. The zero-order valence-corrected chi connectivity index (χ0v) is 20.3. The Morgan fingerprint density at radius 3 is 2.31 bits per heavy atom. The first-order valence-electron chi connectivity index (χ1n) is 12.0. The third-order valence-electron chi connectivity index (χ3n) is 6.84. The number of phenolic OH excluding ortho intramolecular Hbond substituents is 1. The maximum absolute atomic E-state index is 13.4. The van der Waals surface area contributed by atoms with E-state index in [9.17, 15) is 19.8 Å². The van der Waals surface area contributed by atoms with Crippen LogP contribution in [-0.4, -0.2) is 42.1 Å². The molecule has 2 N–H and O–H groups in total. The number of phenols is 1. The molecule has 36 heavy (non-hydrogen) atoms. The average molecular weight is 485 g/mol. The Morgan fingerprint density at radius 1 is 0.944 bits per heavy atom. The Morgan fingerprint density at radius 2 is 1.64 bits per heavy atom. The molecule has 7 nitrogen and oxygen atoms in total. The number of carbonyl (C=O) groups is 2. The summed E-state index contributed by atoms with van der Waals surface area (Å²) in [5.41, 5.74) is 3.22. The third-order valence-corrected chi connectivity index (χ3v) is 6.84. The first kappa shape index (κ1) is 23.5. The molecule has 1 amide bonds. The molecule has 2 aliphatic rings. The smallest absolute Gasteiger partial charge is 0.300 e. The summed E-state index contributed by atoms with van der Waals surface area (Å²) < 4.78 is 5.43. The van der Waals surface area contributed by atoms with Crippen LogP contribution in [0.5, 0.6) is 11.5 Å². The minimum Gasteiger partial charge on any atom is -0.508 e. The molecule has 2 aliphatic heterocycles. The van der Waals surface area contributed by atoms with Crippen LogP contribution in [0, 0.1) is 6.92 Å². The van der Waals surface area contributed by atoms with Crippen molar-refractivity contribution < 1.29 is 24.5 Å².